The van der Waals surface area contributed by atoms with Crippen molar-refractivity contribution < 1.29 is 37.4 Å². The van der Waals surface area contributed by atoms with Gasteiger partial charge in [-0.05, 0) is 164 Å². The predicted octanol–water partition coefficient (Wildman–Crippen LogP) is 10.9. The summed E-state index contributed by atoms with van der Waals surface area (Å²) < 4.78 is 59.6. The van der Waals surface area contributed by atoms with Crippen LogP contribution in [0.25, 0.3) is 61.2 Å². The van der Waals surface area contributed by atoms with E-state index in [2.05, 4.69) is 118 Å². The molecular weight excluding hydrogens is 1350 g/mol. The van der Waals surface area contributed by atoms with Crippen LogP contribution in [0.4, 0.5) is 32.4 Å². The van der Waals surface area contributed by atoms with Gasteiger partial charge in [0.2, 0.25) is 23.4 Å². The fourth-order valence-corrected chi connectivity index (χ4v) is 15.3. The first kappa shape index (κ1) is 73.5. The number of aliphatic hydroxyl groups is 2. The number of aromatic amines is 1. The average molecular weight is 1450 g/mol. The Balaban J connectivity index is 0.000000140. The number of H-pyrrole nitrogens is 1. The molecule has 1 aliphatic heterocycles. The Kier molecular flexibility index (Phi) is 23.4. The maximum Gasteiger partial charge on any atom is 0.345 e. The average Bonchev–Trinajstić information content (AvgIpc) is 1.61. The largest absolute Gasteiger partial charge is 0.393 e. The van der Waals surface area contributed by atoms with E-state index in [-0.39, 0.29) is 42.4 Å². The molecule has 0 bridgehead atoms. The van der Waals surface area contributed by atoms with Crippen molar-refractivity contribution in [1.29, 1.82) is 0 Å². The standard InChI is InChI=1S/C30H43N7O2.C23H29F2N5O3S.C22H25N7O2/c1-21(20-39-2)33-30-32-18-28-26(17-27(37(28)34-30)23-6-8-25(38)9-7-23)24-10-11-31-29(16-24)36-14-12-35(13-15-36)19-22-4-3-5-22;1-14(13-33-22(24)25)28-23-27-12-20-18(16-6-9-21(26-11-16)34(2,3)32)10-19(30(20)29-23)15-4-7-17(31)8-5-15;1-14(13-31-2)26-22-24-11-20-18(16-10-25-28(12-16)17-4-3-5-17)9-19(29(20)27-22)15-6-7-23-21(30)8-15/h10-11,16-18,21-23,25,38H,3-9,12-15,19-20H2,1-2H3,(H,33,34);6,9-12,14-15,17,22,31H,2,4-5,7-8,13H2,1,3H3,(H,28,29);6-12,14,17H,3-5,13H2,1-2H3,(H,23,30)(H,26,27)/t21-,23?,25?;14-,15?,17?,34?;14-/m000/s1. The minimum Gasteiger partial charge on any atom is -0.393 e. The SMILES string of the molecule is C=S(C)(=O)c1ccc(-c2cc(C3CCC(O)CC3)n3nc(N[C@@H](C)COC(F)F)ncc23)cn1.COC[C@H](C)Nc1ncc2c(-c3ccnc(N4CCN(CC5CCC5)CC4)c3)cc(C3CCC(O)CC3)n2n1.COC[C@H](C)Nc1ncc2c(-c3cnn(C4CCC4)c3)cc(-c3cc[nH]c(=O)c3)n2n1. The Hall–Kier alpha value is -8.84. The van der Waals surface area contributed by atoms with Crippen LogP contribution in [0.2, 0.25) is 0 Å². The highest BCUT2D eigenvalue weighted by molar-refractivity contribution is 7.99. The minimum atomic E-state index is -2.84. The lowest BCUT2D eigenvalue weighted by Gasteiger charge is -2.39. The lowest BCUT2D eigenvalue weighted by molar-refractivity contribution is -0.130. The fourth-order valence-electron chi connectivity index (χ4n) is 14.6. The summed E-state index contributed by atoms with van der Waals surface area (Å²) in [5.74, 6) is 7.61. The van der Waals surface area contributed by atoms with Gasteiger partial charge in [0.1, 0.15) is 10.8 Å². The zero-order chi connectivity index (χ0) is 72.6. The summed E-state index contributed by atoms with van der Waals surface area (Å²) in [6, 6.07) is 18.0. The number of fused-ring (bicyclic) bond motifs is 3. The van der Waals surface area contributed by atoms with Crippen LogP contribution in [0.1, 0.15) is 140 Å². The van der Waals surface area contributed by atoms with Gasteiger partial charge in [0, 0.05) is 168 Å². The normalized spacial score (nSPS) is 20.4. The number of alkyl halides is 2. The molecule has 0 spiro atoms. The summed E-state index contributed by atoms with van der Waals surface area (Å²) in [7, 11) is 0.946. The Morgan fingerprint density at radius 1 is 0.606 bits per heavy atom. The van der Waals surface area contributed by atoms with E-state index in [1.807, 2.05) is 58.9 Å². The summed E-state index contributed by atoms with van der Waals surface area (Å²) in [4.78, 5) is 42.4. The molecule has 0 aromatic carbocycles. The van der Waals surface area contributed by atoms with E-state index >= 15 is 0 Å². The molecule has 554 valence electrons. The van der Waals surface area contributed by atoms with Gasteiger partial charge in [-0.15, -0.1) is 15.3 Å². The van der Waals surface area contributed by atoms with Gasteiger partial charge in [0.25, 0.3) is 0 Å². The van der Waals surface area contributed by atoms with Crippen LogP contribution >= 0.6 is 0 Å². The number of nitrogens with zero attached hydrogens (tertiary/aromatic N) is 15. The number of methoxy groups -OCH3 is 2. The van der Waals surface area contributed by atoms with Crippen LogP contribution in [0.15, 0.2) is 114 Å². The zero-order valence-corrected chi connectivity index (χ0v) is 61.0. The number of nitrogens with one attached hydrogen (secondary N) is 4. The van der Waals surface area contributed by atoms with Crippen LogP contribution in [0.5, 0.6) is 0 Å². The van der Waals surface area contributed by atoms with E-state index in [4.69, 9.17) is 24.7 Å². The van der Waals surface area contributed by atoms with Gasteiger partial charge in [-0.1, -0.05) is 12.5 Å². The molecule has 29 heteroatoms. The first-order valence-corrected chi connectivity index (χ1v) is 38.6. The Morgan fingerprint density at radius 2 is 1.15 bits per heavy atom. The molecule has 0 radical (unpaired) electrons. The van der Waals surface area contributed by atoms with Crippen molar-refractivity contribution in [3.8, 4) is 44.6 Å². The van der Waals surface area contributed by atoms with E-state index in [1.165, 1.54) is 50.8 Å². The van der Waals surface area contributed by atoms with Gasteiger partial charge in [-0.25, -0.2) is 38.5 Å². The summed E-state index contributed by atoms with van der Waals surface area (Å²) in [6.07, 6.45) is 30.3. The highest BCUT2D eigenvalue weighted by Crippen LogP contribution is 2.41. The zero-order valence-electron chi connectivity index (χ0n) is 60.2. The van der Waals surface area contributed by atoms with E-state index in [0.717, 1.165) is 156 Å². The summed E-state index contributed by atoms with van der Waals surface area (Å²) in [5, 5.41) is 49.0. The third-order valence-corrected chi connectivity index (χ3v) is 21.8. The van der Waals surface area contributed by atoms with Crippen molar-refractivity contribution >= 4 is 55.6 Å². The Labute approximate surface area is 604 Å². The second-order valence-electron chi connectivity index (χ2n) is 28.8. The van der Waals surface area contributed by atoms with E-state index in [1.54, 1.807) is 58.1 Å². The molecule has 5 aliphatic rings. The maximum atomic E-state index is 12.4. The first-order valence-electron chi connectivity index (χ1n) is 36.5. The van der Waals surface area contributed by atoms with Crippen molar-refractivity contribution in [2.75, 3.05) is 93.9 Å². The van der Waals surface area contributed by atoms with Gasteiger partial charge in [0.15, 0.2) is 0 Å². The van der Waals surface area contributed by atoms with Gasteiger partial charge in [0.05, 0.1) is 85.1 Å². The number of hydrogen-bond donors (Lipinski definition) is 6. The third-order valence-electron chi connectivity index (χ3n) is 20.7. The molecule has 0 amide bonds. The second kappa shape index (κ2) is 33.1. The van der Waals surface area contributed by atoms with Crippen molar-refractivity contribution in [2.45, 2.75) is 171 Å². The monoisotopic (exact) mass is 1450 g/mol. The Bertz CT molecular complexity index is 4690. The van der Waals surface area contributed by atoms with Crippen LogP contribution in [-0.2, 0) is 23.7 Å². The molecular formula is C75H97F2N19O7S. The van der Waals surface area contributed by atoms with Crippen LogP contribution in [0.3, 0.4) is 0 Å². The van der Waals surface area contributed by atoms with E-state index < -0.39 is 22.2 Å². The van der Waals surface area contributed by atoms with Crippen LogP contribution in [0, 0.1) is 5.92 Å². The lowest BCUT2D eigenvalue weighted by Crippen LogP contribution is -2.48. The Morgan fingerprint density at radius 3 is 1.66 bits per heavy atom. The number of aliphatic hydroxyl groups excluding tert-OH is 2. The van der Waals surface area contributed by atoms with Gasteiger partial charge >= 0.3 is 6.61 Å². The van der Waals surface area contributed by atoms with Gasteiger partial charge in [-0.2, -0.15) is 13.9 Å². The summed E-state index contributed by atoms with van der Waals surface area (Å²) >= 11 is 0. The topological polar surface area (TPSA) is 295 Å². The molecule has 4 atom stereocenters. The van der Waals surface area contributed by atoms with Gasteiger partial charge < -0.3 is 50.3 Å². The predicted molar refractivity (Wildman–Crippen MR) is 400 cm³/mol. The summed E-state index contributed by atoms with van der Waals surface area (Å²) in [5.41, 5.74) is 12.2. The smallest absolute Gasteiger partial charge is 0.345 e. The molecule has 5 fully saturated rings. The number of aromatic nitrogens is 14. The molecule has 10 aromatic rings. The maximum absolute atomic E-state index is 12.4. The number of rotatable bonds is 24. The van der Waals surface area contributed by atoms with E-state index in [0.29, 0.717) is 48.0 Å². The highest BCUT2D eigenvalue weighted by Gasteiger charge is 2.30. The molecule has 104 heavy (non-hydrogen) atoms. The number of hydrogen-bond acceptors (Lipinski definition) is 21. The van der Waals surface area contributed by atoms with Crippen molar-refractivity contribution in [3.63, 3.8) is 0 Å². The molecule has 1 unspecified atom stereocenters. The van der Waals surface area contributed by atoms with Crippen molar-refractivity contribution in [1.82, 2.24) is 73.4 Å². The molecule has 15 rings (SSSR count). The van der Waals surface area contributed by atoms with Gasteiger partial charge in [-0.3, -0.25) is 18.6 Å². The highest BCUT2D eigenvalue weighted by atomic mass is 32.2. The third kappa shape index (κ3) is 17.6. The number of ether oxygens (including phenoxy) is 3. The molecule has 10 aromatic heterocycles. The van der Waals surface area contributed by atoms with E-state index in [9.17, 15) is 28.0 Å². The molecule has 6 N–H and O–H groups in total. The number of piperazine rings is 1. The van der Waals surface area contributed by atoms with Crippen LogP contribution < -0.4 is 26.4 Å². The van der Waals surface area contributed by atoms with Crippen molar-refractivity contribution in [3.05, 3.63) is 126 Å². The van der Waals surface area contributed by atoms with Crippen molar-refractivity contribution in [2.24, 2.45) is 5.92 Å². The quantitative estimate of drug-likeness (QED) is 0.0306. The number of halogens is 2. The molecule has 4 saturated carbocycles. The number of anilines is 4. The lowest BCUT2D eigenvalue weighted by atomic mass is 9.85. The summed E-state index contributed by atoms with van der Waals surface area (Å²) in [6.45, 7) is 9.41. The fraction of sp³-hybridized carbons (Fsp3) is 0.507. The molecule has 26 nitrogen and oxygen atoms in total. The molecule has 11 heterocycles. The second-order valence-corrected chi connectivity index (χ2v) is 31.2. The molecule has 1 saturated heterocycles. The van der Waals surface area contributed by atoms with Crippen LogP contribution in [-0.4, -0.2) is 204 Å². The first-order chi connectivity index (χ1) is 50.3. The molecule has 4 aliphatic carbocycles. The minimum absolute atomic E-state index is 0.0567. The number of pyridine rings is 3.